The number of carbonyl (C=O) groups is 1. The van der Waals surface area contributed by atoms with E-state index in [-0.39, 0.29) is 11.9 Å². The van der Waals surface area contributed by atoms with E-state index in [9.17, 15) is 4.79 Å². The lowest BCUT2D eigenvalue weighted by molar-refractivity contribution is 0.0702. The van der Waals surface area contributed by atoms with Crippen molar-refractivity contribution < 1.29 is 4.79 Å². The van der Waals surface area contributed by atoms with Crippen LogP contribution < -0.4 is 5.73 Å². The molecule has 1 amide bonds. The number of hydrogen-bond donors (Lipinski definition) is 1. The summed E-state index contributed by atoms with van der Waals surface area (Å²) in [5.74, 6) is 1.29. The first-order chi connectivity index (χ1) is 8.74. The number of carbonyl (C=O) groups excluding carboxylic acids is 1. The van der Waals surface area contributed by atoms with Crippen molar-refractivity contribution in [1.82, 2.24) is 14.9 Å². The first-order valence-corrected chi connectivity index (χ1v) is 6.62. The molecule has 0 spiro atoms. The summed E-state index contributed by atoms with van der Waals surface area (Å²) >= 11 is 0. The summed E-state index contributed by atoms with van der Waals surface area (Å²) in [5.41, 5.74) is 6.42. The van der Waals surface area contributed by atoms with Gasteiger partial charge in [0.2, 0.25) is 0 Å². The second kappa shape index (κ2) is 4.65. The van der Waals surface area contributed by atoms with Crippen LogP contribution in [0.4, 0.5) is 0 Å². The Morgan fingerprint density at radius 1 is 1.39 bits per heavy atom. The van der Waals surface area contributed by atoms with Crippen LogP contribution in [0.3, 0.4) is 0 Å². The van der Waals surface area contributed by atoms with Gasteiger partial charge in [-0.25, -0.2) is 9.97 Å². The van der Waals surface area contributed by atoms with Gasteiger partial charge in [-0.3, -0.25) is 4.79 Å². The van der Waals surface area contributed by atoms with Gasteiger partial charge in [-0.2, -0.15) is 0 Å². The number of nitrogens with two attached hydrogens (primary N) is 1. The maximum Gasteiger partial charge on any atom is 0.272 e. The van der Waals surface area contributed by atoms with Gasteiger partial charge in [-0.1, -0.05) is 0 Å². The molecule has 0 unspecified atom stereocenters. The molecule has 18 heavy (non-hydrogen) atoms. The molecule has 0 bridgehead atoms. The lowest BCUT2D eigenvalue weighted by atomic mass is 10.1. The van der Waals surface area contributed by atoms with Crippen LogP contribution in [0.5, 0.6) is 0 Å². The molecule has 3 rings (SSSR count). The van der Waals surface area contributed by atoms with Crippen molar-refractivity contribution in [3.63, 3.8) is 0 Å². The molecule has 0 radical (unpaired) electrons. The molecular formula is C13H18N4O. The van der Waals surface area contributed by atoms with E-state index >= 15 is 0 Å². The minimum Gasteiger partial charge on any atom is -0.336 e. The van der Waals surface area contributed by atoms with Gasteiger partial charge < -0.3 is 10.6 Å². The number of rotatable bonds is 2. The van der Waals surface area contributed by atoms with Crippen LogP contribution >= 0.6 is 0 Å². The number of piperidine rings is 1. The number of hydrogen-bond acceptors (Lipinski definition) is 4. The zero-order valence-electron chi connectivity index (χ0n) is 10.4. The topological polar surface area (TPSA) is 72.1 Å². The van der Waals surface area contributed by atoms with Crippen molar-refractivity contribution in [2.75, 3.05) is 13.1 Å². The van der Waals surface area contributed by atoms with Crippen molar-refractivity contribution in [3.8, 4) is 0 Å². The Hall–Kier alpha value is -1.49. The van der Waals surface area contributed by atoms with Gasteiger partial charge in [0.15, 0.2) is 0 Å². The molecule has 96 valence electrons. The summed E-state index contributed by atoms with van der Waals surface area (Å²) in [4.78, 5) is 22.8. The fraction of sp³-hybridized carbons (Fsp3) is 0.615. The van der Waals surface area contributed by atoms with Crippen LogP contribution in [-0.2, 0) is 0 Å². The van der Waals surface area contributed by atoms with Crippen molar-refractivity contribution >= 4 is 5.91 Å². The second-order valence-electron chi connectivity index (χ2n) is 5.23. The van der Waals surface area contributed by atoms with Crippen LogP contribution in [0.2, 0.25) is 0 Å². The number of likely N-dealkylation sites (tertiary alicyclic amines) is 1. The van der Waals surface area contributed by atoms with E-state index in [4.69, 9.17) is 5.73 Å². The average Bonchev–Trinajstić information content (AvgIpc) is 3.22. The molecule has 5 nitrogen and oxygen atoms in total. The summed E-state index contributed by atoms with van der Waals surface area (Å²) in [6, 6.07) is 1.81. The second-order valence-corrected chi connectivity index (χ2v) is 5.23. The van der Waals surface area contributed by atoms with Crippen molar-refractivity contribution in [2.24, 2.45) is 5.73 Å². The highest BCUT2D eigenvalue weighted by molar-refractivity contribution is 5.92. The Bertz CT molecular complexity index is 458. The zero-order chi connectivity index (χ0) is 12.5. The normalized spacial score (nSPS) is 24.1. The van der Waals surface area contributed by atoms with Crippen molar-refractivity contribution in [1.29, 1.82) is 0 Å². The third-order valence-electron chi connectivity index (χ3n) is 3.58. The highest BCUT2D eigenvalue weighted by atomic mass is 16.2. The Morgan fingerprint density at radius 2 is 2.22 bits per heavy atom. The molecule has 5 heteroatoms. The first-order valence-electron chi connectivity index (χ1n) is 6.62. The molecule has 1 aliphatic carbocycles. The lowest BCUT2D eigenvalue weighted by Crippen LogP contribution is -2.46. The summed E-state index contributed by atoms with van der Waals surface area (Å²) in [7, 11) is 0. The maximum absolute atomic E-state index is 12.3. The summed E-state index contributed by atoms with van der Waals surface area (Å²) in [6.07, 6.45) is 5.96. The molecule has 1 saturated carbocycles. The highest BCUT2D eigenvalue weighted by Crippen LogP contribution is 2.37. The van der Waals surface area contributed by atoms with Crippen molar-refractivity contribution in [2.45, 2.75) is 37.6 Å². The van der Waals surface area contributed by atoms with Crippen LogP contribution in [0.25, 0.3) is 0 Å². The molecule has 2 heterocycles. The van der Waals surface area contributed by atoms with Crippen molar-refractivity contribution in [3.05, 3.63) is 23.8 Å². The SMILES string of the molecule is N[C@H]1CCCN(C(=O)c2ccnc(C3CC3)n2)C1. The predicted molar refractivity (Wildman–Crippen MR) is 67.1 cm³/mol. The molecule has 1 aliphatic heterocycles. The molecule has 2 fully saturated rings. The lowest BCUT2D eigenvalue weighted by Gasteiger charge is -2.30. The van der Waals surface area contributed by atoms with Gasteiger partial charge in [0.05, 0.1) is 0 Å². The number of aromatic nitrogens is 2. The van der Waals surface area contributed by atoms with Gasteiger partial charge in [0.25, 0.3) is 5.91 Å². The van der Waals surface area contributed by atoms with E-state index in [1.165, 1.54) is 0 Å². The maximum atomic E-state index is 12.3. The van der Waals surface area contributed by atoms with Crippen LogP contribution in [0.15, 0.2) is 12.3 Å². The Balaban J connectivity index is 1.76. The Labute approximate surface area is 106 Å². The minimum absolute atomic E-state index is 0.00514. The Kier molecular flexibility index (Phi) is 2.99. The van der Waals surface area contributed by atoms with Crippen LogP contribution in [-0.4, -0.2) is 39.9 Å². The van der Waals surface area contributed by atoms with E-state index in [0.29, 0.717) is 18.2 Å². The number of amides is 1. The fourth-order valence-electron chi connectivity index (χ4n) is 2.39. The van der Waals surface area contributed by atoms with Gasteiger partial charge in [0.1, 0.15) is 11.5 Å². The van der Waals surface area contributed by atoms with E-state index in [1.807, 2.05) is 4.90 Å². The molecular weight excluding hydrogens is 228 g/mol. The van der Waals surface area contributed by atoms with Crippen LogP contribution in [0.1, 0.15) is 47.9 Å². The third-order valence-corrected chi connectivity index (χ3v) is 3.58. The van der Waals surface area contributed by atoms with E-state index in [2.05, 4.69) is 9.97 Å². The Morgan fingerprint density at radius 3 is 2.94 bits per heavy atom. The molecule has 0 aromatic carbocycles. The summed E-state index contributed by atoms with van der Waals surface area (Å²) in [5, 5.41) is 0. The average molecular weight is 246 g/mol. The quantitative estimate of drug-likeness (QED) is 0.842. The summed E-state index contributed by atoms with van der Waals surface area (Å²) < 4.78 is 0. The van der Waals surface area contributed by atoms with Crippen LogP contribution in [0, 0.1) is 0 Å². The highest BCUT2D eigenvalue weighted by Gasteiger charge is 2.28. The molecule has 2 N–H and O–H groups in total. The van der Waals surface area contributed by atoms with E-state index < -0.39 is 0 Å². The van der Waals surface area contributed by atoms with Gasteiger partial charge in [-0.15, -0.1) is 0 Å². The van der Waals surface area contributed by atoms with Gasteiger partial charge in [0, 0.05) is 31.2 Å². The molecule has 1 atom stereocenters. The predicted octanol–water partition coefficient (Wildman–Crippen LogP) is 0.917. The zero-order valence-corrected chi connectivity index (χ0v) is 10.4. The standard InChI is InChI=1S/C13H18N4O/c14-10-2-1-7-17(8-10)13(18)11-5-6-15-12(16-11)9-3-4-9/h5-6,9-10H,1-4,7-8,14H2/t10-/m0/s1. The van der Waals surface area contributed by atoms with E-state index in [1.54, 1.807) is 12.3 Å². The molecule has 1 saturated heterocycles. The largest absolute Gasteiger partial charge is 0.336 e. The number of nitrogens with zero attached hydrogens (tertiary/aromatic N) is 3. The molecule has 2 aliphatic rings. The van der Waals surface area contributed by atoms with E-state index in [0.717, 1.165) is 38.1 Å². The van der Waals surface area contributed by atoms with Gasteiger partial charge in [-0.05, 0) is 31.7 Å². The molecule has 1 aromatic heterocycles. The van der Waals surface area contributed by atoms with Gasteiger partial charge >= 0.3 is 0 Å². The smallest absolute Gasteiger partial charge is 0.272 e. The third kappa shape index (κ3) is 2.36. The summed E-state index contributed by atoms with van der Waals surface area (Å²) in [6.45, 7) is 1.43. The first kappa shape index (κ1) is 11.6. The molecule has 1 aromatic rings. The fourth-order valence-corrected chi connectivity index (χ4v) is 2.39. The monoisotopic (exact) mass is 246 g/mol. The minimum atomic E-state index is -0.00514.